The summed E-state index contributed by atoms with van der Waals surface area (Å²) in [5.74, 6) is 0.381. The van der Waals surface area contributed by atoms with E-state index in [9.17, 15) is 4.79 Å². The molecule has 5 heteroatoms. The second-order valence-electron chi connectivity index (χ2n) is 8.36. The second-order valence-corrected chi connectivity index (χ2v) is 8.36. The van der Waals surface area contributed by atoms with Crippen molar-refractivity contribution < 1.29 is 4.79 Å². The van der Waals surface area contributed by atoms with Crippen LogP contribution in [0.5, 0.6) is 0 Å². The number of para-hydroxylation sites is 1. The number of nitrogens with zero attached hydrogens (tertiary/aromatic N) is 3. The molecule has 2 aliphatic rings. The number of anilines is 3. The third-order valence-corrected chi connectivity index (χ3v) is 6.08. The van der Waals surface area contributed by atoms with Crippen LogP contribution >= 0.6 is 0 Å². The van der Waals surface area contributed by atoms with Gasteiger partial charge in [-0.3, -0.25) is 0 Å². The van der Waals surface area contributed by atoms with Crippen LogP contribution in [0.3, 0.4) is 0 Å². The first-order valence-corrected chi connectivity index (χ1v) is 10.9. The molecule has 0 saturated carbocycles. The van der Waals surface area contributed by atoms with E-state index in [0.717, 1.165) is 31.9 Å². The van der Waals surface area contributed by atoms with E-state index in [0.29, 0.717) is 5.92 Å². The van der Waals surface area contributed by atoms with Crippen molar-refractivity contribution in [3.63, 3.8) is 0 Å². The molecule has 1 N–H and O–H groups in total. The molecule has 0 atom stereocenters. The number of carbonyl (C=O) groups excluding carboxylic acids is 1. The maximum absolute atomic E-state index is 12.8. The predicted molar refractivity (Wildman–Crippen MR) is 121 cm³/mol. The lowest BCUT2D eigenvalue weighted by Crippen LogP contribution is -2.50. The van der Waals surface area contributed by atoms with Crippen LogP contribution in [-0.2, 0) is 0 Å². The van der Waals surface area contributed by atoms with E-state index >= 15 is 0 Å². The number of carbonyl (C=O) groups is 1. The summed E-state index contributed by atoms with van der Waals surface area (Å²) in [6.07, 6.45) is 2.60. The monoisotopic (exact) mass is 392 g/mol. The van der Waals surface area contributed by atoms with Crippen molar-refractivity contribution in [2.24, 2.45) is 0 Å². The molecule has 29 heavy (non-hydrogen) atoms. The molecule has 0 spiro atoms. The van der Waals surface area contributed by atoms with Crippen molar-refractivity contribution >= 4 is 23.1 Å². The van der Waals surface area contributed by atoms with Crippen molar-refractivity contribution in [3.05, 3.63) is 54.1 Å². The minimum atomic E-state index is 0.00197. The predicted octanol–water partition coefficient (Wildman–Crippen LogP) is 4.76. The highest BCUT2D eigenvalue weighted by atomic mass is 16.2. The van der Waals surface area contributed by atoms with E-state index in [4.69, 9.17) is 0 Å². The molecular formula is C24H32N4O. The Labute approximate surface area is 174 Å². The van der Waals surface area contributed by atoms with Gasteiger partial charge in [0.05, 0.1) is 0 Å². The highest BCUT2D eigenvalue weighted by molar-refractivity contribution is 5.90. The fourth-order valence-corrected chi connectivity index (χ4v) is 4.33. The van der Waals surface area contributed by atoms with Crippen LogP contribution < -0.4 is 15.1 Å². The Morgan fingerprint density at radius 1 is 0.793 bits per heavy atom. The zero-order valence-corrected chi connectivity index (χ0v) is 17.6. The summed E-state index contributed by atoms with van der Waals surface area (Å²) >= 11 is 0. The van der Waals surface area contributed by atoms with Gasteiger partial charge in [-0.05, 0) is 54.7 Å². The molecule has 154 valence electrons. The van der Waals surface area contributed by atoms with Crippen LogP contribution in [-0.4, -0.2) is 50.2 Å². The SMILES string of the molecule is CC(C)c1ccccc1NC(=O)N1CCN(c2ccc(N3CCCC3)cc2)CC1. The Bertz CT molecular complexity index is 819. The van der Waals surface area contributed by atoms with E-state index in [1.54, 1.807) is 0 Å². The Balaban J connectivity index is 1.33. The number of benzene rings is 2. The standard InChI is InChI=1S/C24H32N4O/c1-19(2)22-7-3-4-8-23(22)25-24(29)28-17-15-27(16-18-28)21-11-9-20(10-12-21)26-13-5-6-14-26/h3-4,7-12,19H,5-6,13-18H2,1-2H3,(H,25,29). The average Bonchev–Trinajstić information content (AvgIpc) is 3.29. The molecule has 2 aromatic rings. The summed E-state index contributed by atoms with van der Waals surface area (Å²) < 4.78 is 0. The van der Waals surface area contributed by atoms with Gasteiger partial charge in [0.15, 0.2) is 0 Å². The fourth-order valence-electron chi connectivity index (χ4n) is 4.33. The second kappa shape index (κ2) is 8.76. The summed E-state index contributed by atoms with van der Waals surface area (Å²) in [7, 11) is 0. The van der Waals surface area contributed by atoms with Crippen LogP contribution in [0, 0.1) is 0 Å². The lowest BCUT2D eigenvalue weighted by Gasteiger charge is -2.36. The minimum absolute atomic E-state index is 0.00197. The number of urea groups is 1. The highest BCUT2D eigenvalue weighted by Crippen LogP contribution is 2.26. The van der Waals surface area contributed by atoms with Crippen LogP contribution in [0.25, 0.3) is 0 Å². The van der Waals surface area contributed by atoms with Crippen molar-refractivity contribution in [2.75, 3.05) is 54.4 Å². The quantitative estimate of drug-likeness (QED) is 0.815. The summed E-state index contributed by atoms with van der Waals surface area (Å²) in [5.41, 5.74) is 4.68. The molecule has 0 aliphatic carbocycles. The first-order chi connectivity index (χ1) is 14.1. The number of hydrogen-bond acceptors (Lipinski definition) is 3. The maximum Gasteiger partial charge on any atom is 0.321 e. The number of rotatable bonds is 4. The van der Waals surface area contributed by atoms with Crippen molar-refractivity contribution in [1.29, 1.82) is 0 Å². The fraction of sp³-hybridized carbons (Fsp3) is 0.458. The highest BCUT2D eigenvalue weighted by Gasteiger charge is 2.22. The number of piperazine rings is 1. The minimum Gasteiger partial charge on any atom is -0.372 e. The van der Waals surface area contributed by atoms with E-state index in [2.05, 4.69) is 59.3 Å². The van der Waals surface area contributed by atoms with E-state index in [1.807, 2.05) is 23.1 Å². The van der Waals surface area contributed by atoms with E-state index < -0.39 is 0 Å². The van der Waals surface area contributed by atoms with Gasteiger partial charge in [0.2, 0.25) is 0 Å². The van der Waals surface area contributed by atoms with Gasteiger partial charge < -0.3 is 20.0 Å². The molecule has 2 heterocycles. The topological polar surface area (TPSA) is 38.8 Å². The van der Waals surface area contributed by atoms with Crippen molar-refractivity contribution in [1.82, 2.24) is 4.90 Å². The number of hydrogen-bond donors (Lipinski definition) is 1. The molecular weight excluding hydrogens is 360 g/mol. The molecule has 2 aliphatic heterocycles. The third-order valence-electron chi connectivity index (χ3n) is 6.08. The molecule has 2 amide bonds. The van der Waals surface area contributed by atoms with Gasteiger partial charge in [0.25, 0.3) is 0 Å². The molecule has 0 radical (unpaired) electrons. The molecule has 0 bridgehead atoms. The summed E-state index contributed by atoms with van der Waals surface area (Å²) in [6.45, 7) is 9.86. The van der Waals surface area contributed by atoms with Gasteiger partial charge in [0, 0.05) is 56.3 Å². The van der Waals surface area contributed by atoms with Crippen LogP contribution in [0.1, 0.15) is 38.2 Å². The van der Waals surface area contributed by atoms with Crippen molar-refractivity contribution in [2.45, 2.75) is 32.6 Å². The zero-order chi connectivity index (χ0) is 20.2. The Kier molecular flexibility index (Phi) is 5.93. The van der Waals surface area contributed by atoms with Gasteiger partial charge in [-0.2, -0.15) is 0 Å². The molecule has 2 aromatic carbocycles. The maximum atomic E-state index is 12.8. The first kappa shape index (κ1) is 19.6. The van der Waals surface area contributed by atoms with Crippen LogP contribution in [0.2, 0.25) is 0 Å². The Hall–Kier alpha value is -2.69. The summed E-state index contributed by atoms with van der Waals surface area (Å²) in [5, 5.41) is 3.12. The van der Waals surface area contributed by atoms with Gasteiger partial charge in [-0.15, -0.1) is 0 Å². The average molecular weight is 393 g/mol. The molecule has 2 fully saturated rings. The molecule has 4 rings (SSSR count). The third kappa shape index (κ3) is 4.50. The van der Waals surface area contributed by atoms with Gasteiger partial charge in [0.1, 0.15) is 0 Å². The van der Waals surface area contributed by atoms with Gasteiger partial charge in [-0.25, -0.2) is 4.79 Å². The van der Waals surface area contributed by atoms with Crippen molar-refractivity contribution in [3.8, 4) is 0 Å². The molecule has 5 nitrogen and oxygen atoms in total. The number of amides is 2. The summed E-state index contributed by atoms with van der Waals surface area (Å²) in [6, 6.07) is 17.0. The van der Waals surface area contributed by atoms with Crippen LogP contribution in [0.15, 0.2) is 48.5 Å². The van der Waals surface area contributed by atoms with Gasteiger partial charge >= 0.3 is 6.03 Å². The number of nitrogens with one attached hydrogen (secondary N) is 1. The van der Waals surface area contributed by atoms with E-state index in [-0.39, 0.29) is 6.03 Å². The molecule has 0 aromatic heterocycles. The van der Waals surface area contributed by atoms with Gasteiger partial charge in [-0.1, -0.05) is 32.0 Å². The van der Waals surface area contributed by atoms with Crippen LogP contribution in [0.4, 0.5) is 21.9 Å². The smallest absolute Gasteiger partial charge is 0.321 e. The Morgan fingerprint density at radius 3 is 1.93 bits per heavy atom. The zero-order valence-electron chi connectivity index (χ0n) is 17.6. The molecule has 0 unspecified atom stereocenters. The molecule has 2 saturated heterocycles. The Morgan fingerprint density at radius 2 is 1.34 bits per heavy atom. The lowest BCUT2D eigenvalue weighted by atomic mass is 10.0. The van der Waals surface area contributed by atoms with E-state index in [1.165, 1.54) is 42.9 Å². The normalized spacial score (nSPS) is 17.1. The first-order valence-electron chi connectivity index (χ1n) is 10.9. The lowest BCUT2D eigenvalue weighted by molar-refractivity contribution is 0.208. The summed E-state index contributed by atoms with van der Waals surface area (Å²) in [4.78, 5) is 19.5. The largest absolute Gasteiger partial charge is 0.372 e.